The monoisotopic (exact) mass is 286 g/mol. The number of carbonyl (C=O) groups is 1. The summed E-state index contributed by atoms with van der Waals surface area (Å²) in [5.41, 5.74) is 0. The largest absolute Gasteiger partial charge is 0.355 e. The molecule has 2 rings (SSSR count). The average Bonchev–Trinajstić information content (AvgIpc) is 2.89. The van der Waals surface area contributed by atoms with E-state index >= 15 is 0 Å². The van der Waals surface area contributed by atoms with Crippen molar-refractivity contribution >= 4 is 17.5 Å². The number of hydrogen-bond acceptors (Lipinski definition) is 5. The molecule has 1 aromatic rings. The van der Waals surface area contributed by atoms with E-state index in [4.69, 9.17) is 16.1 Å². The Morgan fingerprint density at radius 1 is 1.74 bits per heavy atom. The Labute approximate surface area is 117 Å². The van der Waals surface area contributed by atoms with Crippen molar-refractivity contribution in [2.45, 2.75) is 31.7 Å². The highest BCUT2D eigenvalue weighted by atomic mass is 35.5. The zero-order valence-corrected chi connectivity index (χ0v) is 11.8. The molecule has 0 saturated carbocycles. The number of rotatable bonds is 5. The first kappa shape index (κ1) is 14.3. The summed E-state index contributed by atoms with van der Waals surface area (Å²) >= 11 is 5.72. The number of piperidine rings is 1. The maximum Gasteiger partial charge on any atom is 0.237 e. The first-order valence-electron chi connectivity index (χ1n) is 6.54. The summed E-state index contributed by atoms with van der Waals surface area (Å²) in [4.78, 5) is 17.7. The van der Waals surface area contributed by atoms with Gasteiger partial charge < -0.3 is 9.84 Å². The van der Waals surface area contributed by atoms with Crippen LogP contribution < -0.4 is 5.32 Å². The molecule has 2 unspecified atom stereocenters. The molecule has 2 atom stereocenters. The fraction of sp³-hybridized carbons (Fsp3) is 0.750. The minimum atomic E-state index is -0.473. The van der Waals surface area contributed by atoms with E-state index in [2.05, 4.69) is 20.4 Å². The lowest BCUT2D eigenvalue weighted by Gasteiger charge is -2.32. The molecule has 1 saturated heterocycles. The second-order valence-electron chi connectivity index (χ2n) is 4.95. The Balaban J connectivity index is 1.75. The lowest BCUT2D eigenvalue weighted by molar-refractivity contribution is -0.120. The number of nitrogens with one attached hydrogen (secondary N) is 1. The molecule has 0 radical (unpaired) electrons. The topological polar surface area (TPSA) is 71.3 Å². The molecule has 1 fully saturated rings. The lowest BCUT2D eigenvalue weighted by Crippen LogP contribution is -2.42. The minimum Gasteiger partial charge on any atom is -0.355 e. The summed E-state index contributed by atoms with van der Waals surface area (Å²) in [6.07, 6.45) is 3.59. The molecule has 7 heteroatoms. The van der Waals surface area contributed by atoms with Crippen LogP contribution in [0.25, 0.3) is 0 Å². The molecule has 0 bridgehead atoms. The van der Waals surface area contributed by atoms with Gasteiger partial charge in [-0.3, -0.25) is 9.69 Å². The summed E-state index contributed by atoms with van der Waals surface area (Å²) < 4.78 is 4.73. The highest BCUT2D eigenvalue weighted by molar-refractivity contribution is 6.30. The zero-order valence-electron chi connectivity index (χ0n) is 11.0. The SMILES string of the molecule is CC(Cl)C(=O)NCC1CCCN(Cc2ncon2)C1. The number of aromatic nitrogens is 2. The molecule has 1 amide bonds. The van der Waals surface area contributed by atoms with Crippen LogP contribution in [0.3, 0.4) is 0 Å². The quantitative estimate of drug-likeness (QED) is 0.819. The lowest BCUT2D eigenvalue weighted by atomic mass is 9.98. The molecule has 106 valence electrons. The van der Waals surface area contributed by atoms with Crippen LogP contribution in [0.2, 0.25) is 0 Å². The Morgan fingerprint density at radius 3 is 3.26 bits per heavy atom. The van der Waals surface area contributed by atoms with Crippen molar-refractivity contribution in [1.82, 2.24) is 20.4 Å². The molecule has 1 aromatic heterocycles. The van der Waals surface area contributed by atoms with E-state index in [9.17, 15) is 4.79 Å². The number of halogens is 1. The number of alkyl halides is 1. The second kappa shape index (κ2) is 6.86. The van der Waals surface area contributed by atoms with Gasteiger partial charge in [0.2, 0.25) is 12.3 Å². The molecule has 1 N–H and O–H groups in total. The van der Waals surface area contributed by atoms with Gasteiger partial charge in [0.15, 0.2) is 5.82 Å². The first-order valence-corrected chi connectivity index (χ1v) is 6.98. The summed E-state index contributed by atoms with van der Waals surface area (Å²) in [6, 6.07) is 0. The van der Waals surface area contributed by atoms with Gasteiger partial charge in [0.05, 0.1) is 6.54 Å². The number of likely N-dealkylation sites (tertiary alicyclic amines) is 1. The third kappa shape index (κ3) is 4.47. The van der Waals surface area contributed by atoms with E-state index in [1.54, 1.807) is 6.92 Å². The third-order valence-electron chi connectivity index (χ3n) is 3.30. The summed E-state index contributed by atoms with van der Waals surface area (Å²) in [5, 5.41) is 6.23. The smallest absolute Gasteiger partial charge is 0.237 e. The van der Waals surface area contributed by atoms with Crippen molar-refractivity contribution in [3.63, 3.8) is 0 Å². The van der Waals surface area contributed by atoms with Gasteiger partial charge in [0.1, 0.15) is 5.38 Å². The predicted octanol–water partition coefficient (Wildman–Crippen LogP) is 1.03. The molecule has 0 aromatic carbocycles. The Bertz CT molecular complexity index is 396. The summed E-state index contributed by atoms with van der Waals surface area (Å²) in [5.74, 6) is 1.07. The van der Waals surface area contributed by atoms with E-state index in [0.29, 0.717) is 24.8 Å². The van der Waals surface area contributed by atoms with Gasteiger partial charge in [-0.2, -0.15) is 4.98 Å². The highest BCUT2D eigenvalue weighted by Gasteiger charge is 2.22. The van der Waals surface area contributed by atoms with Crippen molar-refractivity contribution in [3.05, 3.63) is 12.2 Å². The summed E-state index contributed by atoms with van der Waals surface area (Å²) in [7, 11) is 0. The average molecular weight is 287 g/mol. The molecule has 19 heavy (non-hydrogen) atoms. The normalized spacial score (nSPS) is 22.1. The standard InChI is InChI=1S/C12H19ClN4O2/c1-9(13)12(18)14-5-10-3-2-4-17(6-10)7-11-15-8-19-16-11/h8-10H,2-7H2,1H3,(H,14,18). The van der Waals surface area contributed by atoms with Gasteiger partial charge in [0.25, 0.3) is 0 Å². The van der Waals surface area contributed by atoms with Crippen LogP contribution in [0.1, 0.15) is 25.6 Å². The van der Waals surface area contributed by atoms with Crippen LogP contribution in [0.5, 0.6) is 0 Å². The van der Waals surface area contributed by atoms with E-state index in [1.165, 1.54) is 6.39 Å². The molecule has 1 aliphatic heterocycles. The van der Waals surface area contributed by atoms with Crippen molar-refractivity contribution in [2.24, 2.45) is 5.92 Å². The van der Waals surface area contributed by atoms with Gasteiger partial charge in [-0.1, -0.05) is 5.16 Å². The van der Waals surface area contributed by atoms with Crippen LogP contribution >= 0.6 is 11.6 Å². The summed E-state index contributed by atoms with van der Waals surface area (Å²) in [6.45, 7) is 5.03. The first-order chi connectivity index (χ1) is 9.15. The molecule has 1 aliphatic rings. The molecule has 0 aliphatic carbocycles. The maximum absolute atomic E-state index is 11.4. The molecule has 0 spiro atoms. The highest BCUT2D eigenvalue weighted by Crippen LogP contribution is 2.17. The fourth-order valence-electron chi connectivity index (χ4n) is 2.31. The predicted molar refractivity (Wildman–Crippen MR) is 70.6 cm³/mol. The molecule has 2 heterocycles. The van der Waals surface area contributed by atoms with Crippen molar-refractivity contribution in [2.75, 3.05) is 19.6 Å². The fourth-order valence-corrected chi connectivity index (χ4v) is 2.39. The van der Waals surface area contributed by atoms with Crippen molar-refractivity contribution < 1.29 is 9.32 Å². The molecule has 6 nitrogen and oxygen atoms in total. The van der Waals surface area contributed by atoms with Crippen LogP contribution in [0.4, 0.5) is 0 Å². The van der Waals surface area contributed by atoms with Gasteiger partial charge in [-0.05, 0) is 32.2 Å². The zero-order chi connectivity index (χ0) is 13.7. The maximum atomic E-state index is 11.4. The molecular formula is C12H19ClN4O2. The van der Waals surface area contributed by atoms with Gasteiger partial charge in [-0.25, -0.2) is 0 Å². The number of nitrogens with zero attached hydrogens (tertiary/aromatic N) is 3. The van der Waals surface area contributed by atoms with Gasteiger partial charge in [-0.15, -0.1) is 11.6 Å². The number of amides is 1. The van der Waals surface area contributed by atoms with Crippen LogP contribution in [-0.4, -0.2) is 46.0 Å². The Morgan fingerprint density at radius 2 is 2.58 bits per heavy atom. The Kier molecular flexibility index (Phi) is 5.15. The van der Waals surface area contributed by atoms with E-state index < -0.39 is 5.38 Å². The van der Waals surface area contributed by atoms with E-state index in [1.807, 2.05) is 0 Å². The third-order valence-corrected chi connectivity index (χ3v) is 3.50. The minimum absolute atomic E-state index is 0.100. The van der Waals surface area contributed by atoms with Crippen LogP contribution in [0.15, 0.2) is 10.9 Å². The van der Waals surface area contributed by atoms with E-state index in [-0.39, 0.29) is 5.91 Å². The number of hydrogen-bond donors (Lipinski definition) is 1. The van der Waals surface area contributed by atoms with Gasteiger partial charge >= 0.3 is 0 Å². The van der Waals surface area contributed by atoms with Crippen molar-refractivity contribution in [1.29, 1.82) is 0 Å². The van der Waals surface area contributed by atoms with Gasteiger partial charge in [0, 0.05) is 13.1 Å². The Hall–Kier alpha value is -1.14. The second-order valence-corrected chi connectivity index (χ2v) is 5.61. The van der Waals surface area contributed by atoms with Crippen LogP contribution in [0, 0.1) is 5.92 Å². The number of carbonyl (C=O) groups excluding carboxylic acids is 1. The molecular weight excluding hydrogens is 268 g/mol. The van der Waals surface area contributed by atoms with Crippen molar-refractivity contribution in [3.8, 4) is 0 Å². The van der Waals surface area contributed by atoms with Crippen LogP contribution in [-0.2, 0) is 11.3 Å². The van der Waals surface area contributed by atoms with E-state index in [0.717, 1.165) is 25.9 Å².